The van der Waals surface area contributed by atoms with Crippen molar-refractivity contribution < 1.29 is 18.8 Å². The van der Waals surface area contributed by atoms with E-state index in [0.29, 0.717) is 18.2 Å². The van der Waals surface area contributed by atoms with Gasteiger partial charge in [0, 0.05) is 31.6 Å². The Kier molecular flexibility index (Phi) is 8.37. The summed E-state index contributed by atoms with van der Waals surface area (Å²) < 4.78 is 16.4. The number of nitrogens with one attached hydrogen (secondary N) is 1. The van der Waals surface area contributed by atoms with Gasteiger partial charge in [-0.1, -0.05) is 36.2 Å². The van der Waals surface area contributed by atoms with Gasteiger partial charge in [-0.25, -0.2) is 0 Å². The van der Waals surface area contributed by atoms with Gasteiger partial charge >= 0.3 is 0 Å². The first-order valence-corrected chi connectivity index (χ1v) is 10.3. The molecule has 1 aromatic heterocycles. The number of benzene rings is 1. The highest BCUT2D eigenvalue weighted by Crippen LogP contribution is 2.13. The van der Waals surface area contributed by atoms with Crippen LogP contribution in [0.2, 0.25) is 0 Å². The summed E-state index contributed by atoms with van der Waals surface area (Å²) >= 11 is 0. The zero-order valence-electron chi connectivity index (χ0n) is 16.4. The number of hydrogen-bond acceptors (Lipinski definition) is 5. The first-order chi connectivity index (χ1) is 13.8. The van der Waals surface area contributed by atoms with E-state index in [-0.39, 0.29) is 12.3 Å². The number of rotatable bonds is 12. The second-order valence-corrected chi connectivity index (χ2v) is 7.32. The number of hydrogen-bond donors (Lipinski definition) is 1. The summed E-state index contributed by atoms with van der Waals surface area (Å²) in [6, 6.07) is 11.8. The highest BCUT2D eigenvalue weighted by atomic mass is 16.5. The number of aryl methyl sites for hydroxylation is 1. The Labute approximate surface area is 166 Å². The third-order valence-electron chi connectivity index (χ3n) is 4.89. The summed E-state index contributed by atoms with van der Waals surface area (Å²) in [5, 5.41) is 6.97. The third-order valence-corrected chi connectivity index (χ3v) is 4.89. The molecule has 2 aromatic rings. The molecule has 0 bridgehead atoms. The Morgan fingerprint density at radius 1 is 1.18 bits per heavy atom. The van der Waals surface area contributed by atoms with Crippen molar-refractivity contribution in [3.05, 3.63) is 47.9 Å². The Balaban J connectivity index is 1.22. The van der Waals surface area contributed by atoms with Gasteiger partial charge in [0.15, 0.2) is 0 Å². The lowest BCUT2D eigenvalue weighted by Gasteiger charge is -2.08. The van der Waals surface area contributed by atoms with Gasteiger partial charge in [0.25, 0.3) is 0 Å². The maximum absolute atomic E-state index is 12.0. The van der Waals surface area contributed by atoms with Crippen LogP contribution in [0.25, 0.3) is 0 Å². The number of aromatic nitrogens is 1. The lowest BCUT2D eigenvalue weighted by Crippen LogP contribution is -2.30. The van der Waals surface area contributed by atoms with Crippen LogP contribution in [0.5, 0.6) is 5.75 Å². The van der Waals surface area contributed by atoms with Gasteiger partial charge in [0.2, 0.25) is 5.91 Å². The van der Waals surface area contributed by atoms with E-state index in [0.717, 1.165) is 69.9 Å². The fourth-order valence-corrected chi connectivity index (χ4v) is 3.25. The Hall–Kier alpha value is -2.34. The molecule has 152 valence electrons. The van der Waals surface area contributed by atoms with E-state index < -0.39 is 0 Å². The van der Waals surface area contributed by atoms with Crippen molar-refractivity contribution in [2.45, 2.75) is 44.9 Å². The molecule has 0 aliphatic carbocycles. The van der Waals surface area contributed by atoms with E-state index in [1.54, 1.807) is 0 Å². The molecule has 1 aliphatic rings. The zero-order chi connectivity index (χ0) is 19.4. The highest BCUT2D eigenvalue weighted by Gasteiger charge is 2.17. The average Bonchev–Trinajstić information content (AvgIpc) is 3.38. The standard InChI is InChI=1S/C22H30N2O4/c25-22(23-16-18-11-13-26-17-18)15-19-14-21(28-24-19)10-4-1-2-7-12-27-20-8-5-3-6-9-20/h3,5-6,8-9,14,18H,1-2,4,7,10-13,15-17H2,(H,23,25). The predicted octanol–water partition coefficient (Wildman–Crippen LogP) is 3.55. The Morgan fingerprint density at radius 3 is 2.86 bits per heavy atom. The fourth-order valence-electron chi connectivity index (χ4n) is 3.25. The lowest BCUT2D eigenvalue weighted by atomic mass is 10.1. The van der Waals surface area contributed by atoms with Gasteiger partial charge in [-0.15, -0.1) is 0 Å². The van der Waals surface area contributed by atoms with E-state index in [9.17, 15) is 4.79 Å². The SMILES string of the molecule is O=C(Cc1cc(CCCCCCOc2ccccc2)on1)NCC1CCOC1. The van der Waals surface area contributed by atoms with Gasteiger partial charge in [0.1, 0.15) is 11.5 Å². The maximum Gasteiger partial charge on any atom is 0.226 e. The molecule has 6 heteroatoms. The maximum atomic E-state index is 12.0. The molecule has 2 heterocycles. The molecule has 1 unspecified atom stereocenters. The monoisotopic (exact) mass is 386 g/mol. The number of ether oxygens (including phenoxy) is 2. The van der Waals surface area contributed by atoms with Crippen LogP contribution >= 0.6 is 0 Å². The van der Waals surface area contributed by atoms with Gasteiger partial charge in [-0.05, 0) is 31.4 Å². The third kappa shape index (κ3) is 7.35. The molecular weight excluding hydrogens is 356 g/mol. The van der Waals surface area contributed by atoms with E-state index >= 15 is 0 Å². The first kappa shape index (κ1) is 20.4. The number of carbonyl (C=O) groups is 1. The van der Waals surface area contributed by atoms with E-state index in [2.05, 4.69) is 10.5 Å². The first-order valence-electron chi connectivity index (χ1n) is 10.3. The molecule has 1 saturated heterocycles. The Morgan fingerprint density at radius 2 is 2.04 bits per heavy atom. The van der Waals surface area contributed by atoms with Crippen molar-refractivity contribution in [2.75, 3.05) is 26.4 Å². The molecule has 1 fully saturated rings. The van der Waals surface area contributed by atoms with Crippen molar-refractivity contribution >= 4 is 5.91 Å². The molecule has 1 aliphatic heterocycles. The zero-order valence-corrected chi connectivity index (χ0v) is 16.4. The minimum absolute atomic E-state index is 0.00911. The Bertz CT molecular complexity index is 696. The minimum Gasteiger partial charge on any atom is -0.494 e. The van der Waals surface area contributed by atoms with Crippen molar-refractivity contribution in [1.82, 2.24) is 10.5 Å². The van der Waals surface area contributed by atoms with Crippen molar-refractivity contribution in [2.24, 2.45) is 5.92 Å². The summed E-state index contributed by atoms with van der Waals surface area (Å²) in [5.41, 5.74) is 0.700. The van der Waals surface area contributed by atoms with Gasteiger partial charge in [0.05, 0.1) is 25.3 Å². The number of nitrogens with zero attached hydrogens (tertiary/aromatic N) is 1. The van der Waals surface area contributed by atoms with Crippen LogP contribution in [-0.2, 0) is 22.4 Å². The van der Waals surface area contributed by atoms with Gasteiger partial charge < -0.3 is 19.3 Å². The van der Waals surface area contributed by atoms with Crippen molar-refractivity contribution in [3.63, 3.8) is 0 Å². The minimum atomic E-state index is -0.00911. The normalized spacial score (nSPS) is 16.2. The lowest BCUT2D eigenvalue weighted by molar-refractivity contribution is -0.120. The van der Waals surface area contributed by atoms with Crippen LogP contribution < -0.4 is 10.1 Å². The second kappa shape index (κ2) is 11.5. The summed E-state index contributed by atoms with van der Waals surface area (Å²) in [6.45, 7) is 2.97. The molecule has 0 saturated carbocycles. The molecule has 1 N–H and O–H groups in total. The molecule has 6 nitrogen and oxygen atoms in total. The van der Waals surface area contributed by atoms with Crippen LogP contribution in [0.3, 0.4) is 0 Å². The molecule has 1 amide bonds. The molecule has 0 spiro atoms. The van der Waals surface area contributed by atoms with Gasteiger partial charge in [-0.3, -0.25) is 4.79 Å². The smallest absolute Gasteiger partial charge is 0.226 e. The van der Waals surface area contributed by atoms with Crippen LogP contribution in [0.1, 0.15) is 43.6 Å². The van der Waals surface area contributed by atoms with E-state index in [4.69, 9.17) is 14.0 Å². The summed E-state index contributed by atoms with van der Waals surface area (Å²) in [6.07, 6.45) is 6.49. The van der Waals surface area contributed by atoms with E-state index in [1.165, 1.54) is 0 Å². The summed E-state index contributed by atoms with van der Waals surface area (Å²) in [7, 11) is 0. The van der Waals surface area contributed by atoms with E-state index in [1.807, 2.05) is 36.4 Å². The topological polar surface area (TPSA) is 73.6 Å². The summed E-state index contributed by atoms with van der Waals surface area (Å²) in [4.78, 5) is 12.0. The molecule has 1 atom stereocenters. The molecular formula is C22H30N2O4. The molecule has 0 radical (unpaired) electrons. The fraction of sp³-hybridized carbons (Fsp3) is 0.545. The number of carbonyl (C=O) groups excluding carboxylic acids is 1. The second-order valence-electron chi connectivity index (χ2n) is 7.32. The molecule has 1 aromatic carbocycles. The number of para-hydroxylation sites is 1. The van der Waals surface area contributed by atoms with Gasteiger partial charge in [-0.2, -0.15) is 0 Å². The number of amides is 1. The molecule has 3 rings (SSSR count). The summed E-state index contributed by atoms with van der Waals surface area (Å²) in [5.74, 6) is 2.21. The molecule has 28 heavy (non-hydrogen) atoms. The van der Waals surface area contributed by atoms with Crippen LogP contribution in [0.15, 0.2) is 40.9 Å². The van der Waals surface area contributed by atoms with Crippen molar-refractivity contribution in [1.29, 1.82) is 0 Å². The average molecular weight is 386 g/mol. The van der Waals surface area contributed by atoms with Crippen LogP contribution in [-0.4, -0.2) is 37.4 Å². The highest BCUT2D eigenvalue weighted by molar-refractivity contribution is 5.78. The quantitative estimate of drug-likeness (QED) is 0.565. The van der Waals surface area contributed by atoms with Crippen molar-refractivity contribution in [3.8, 4) is 5.75 Å². The predicted molar refractivity (Wildman–Crippen MR) is 106 cm³/mol. The number of unbranched alkanes of at least 4 members (excludes halogenated alkanes) is 3. The largest absolute Gasteiger partial charge is 0.494 e. The van der Waals surface area contributed by atoms with Crippen LogP contribution in [0, 0.1) is 5.92 Å². The van der Waals surface area contributed by atoms with Crippen LogP contribution in [0.4, 0.5) is 0 Å².